The van der Waals surface area contributed by atoms with E-state index in [1.54, 1.807) is 11.8 Å². The second-order valence-corrected chi connectivity index (χ2v) is 4.92. The van der Waals surface area contributed by atoms with Crippen molar-refractivity contribution in [1.29, 1.82) is 0 Å². The summed E-state index contributed by atoms with van der Waals surface area (Å²) in [5, 5.41) is 16.9. The maximum absolute atomic E-state index is 8.82. The van der Waals surface area contributed by atoms with Crippen LogP contribution in [0, 0.1) is 0 Å². The topological polar surface area (TPSA) is 59.2 Å². The van der Waals surface area contributed by atoms with Crippen molar-refractivity contribution in [2.45, 2.75) is 37.7 Å². The molecule has 0 saturated heterocycles. The van der Waals surface area contributed by atoms with Gasteiger partial charge in [-0.25, -0.2) is 0 Å². The van der Waals surface area contributed by atoms with Crippen molar-refractivity contribution in [2.75, 3.05) is 6.61 Å². The Kier molecular flexibility index (Phi) is 4.41. The van der Waals surface area contributed by atoms with Crippen molar-refractivity contribution in [2.24, 2.45) is 0 Å². The maximum Gasteiger partial charge on any atom is 0.226 e. The third kappa shape index (κ3) is 3.31. The molecule has 0 unspecified atom stereocenters. The summed E-state index contributed by atoms with van der Waals surface area (Å²) in [5.41, 5.74) is 0. The zero-order valence-corrected chi connectivity index (χ0v) is 9.54. The number of hydrogen-bond acceptors (Lipinski definition) is 5. The highest BCUT2D eigenvalue weighted by Gasteiger charge is 2.10. The number of rotatable bonds is 5. The van der Waals surface area contributed by atoms with Crippen LogP contribution in [0.25, 0.3) is 0 Å². The van der Waals surface area contributed by atoms with Crippen LogP contribution in [0.4, 0.5) is 0 Å². The predicted octanol–water partition coefficient (Wildman–Crippen LogP) is 1.81. The largest absolute Gasteiger partial charge is 0.424 e. The third-order valence-electron chi connectivity index (χ3n) is 1.72. The molecule has 0 aliphatic carbocycles. The molecule has 0 spiro atoms. The van der Waals surface area contributed by atoms with Gasteiger partial charge in [-0.05, 0) is 0 Å². The Morgan fingerprint density at radius 1 is 1.36 bits per heavy atom. The first-order valence-electron chi connectivity index (χ1n) is 4.68. The van der Waals surface area contributed by atoms with Crippen LogP contribution in [0.15, 0.2) is 4.42 Å². The van der Waals surface area contributed by atoms with Gasteiger partial charge in [-0.2, -0.15) is 0 Å². The van der Waals surface area contributed by atoms with E-state index >= 15 is 0 Å². The summed E-state index contributed by atoms with van der Waals surface area (Å²) in [6.07, 6.45) is 0. The average Bonchev–Trinajstić information content (AvgIpc) is 2.62. The number of aliphatic hydroxyl groups is 1. The molecule has 0 aliphatic heterocycles. The van der Waals surface area contributed by atoms with Gasteiger partial charge < -0.3 is 9.52 Å². The highest BCUT2D eigenvalue weighted by molar-refractivity contribution is 7.99. The van der Waals surface area contributed by atoms with E-state index in [-0.39, 0.29) is 17.8 Å². The van der Waals surface area contributed by atoms with Crippen molar-refractivity contribution in [3.63, 3.8) is 0 Å². The molecule has 1 atom stereocenters. The molecule has 0 aliphatic rings. The van der Waals surface area contributed by atoms with Gasteiger partial charge in [0.1, 0.15) is 0 Å². The lowest BCUT2D eigenvalue weighted by molar-refractivity contribution is 0.300. The van der Waals surface area contributed by atoms with E-state index in [9.17, 15) is 0 Å². The van der Waals surface area contributed by atoms with Crippen molar-refractivity contribution in [1.82, 2.24) is 10.2 Å². The number of nitrogens with zero attached hydrogens (tertiary/aromatic N) is 2. The molecule has 0 saturated carbocycles. The van der Waals surface area contributed by atoms with Gasteiger partial charge in [0.25, 0.3) is 0 Å². The van der Waals surface area contributed by atoms with Crippen molar-refractivity contribution in [3.05, 3.63) is 11.8 Å². The molecule has 1 aromatic rings. The molecule has 0 aromatic carbocycles. The molecule has 1 N–H and O–H groups in total. The normalized spacial score (nSPS) is 13.5. The lowest BCUT2D eigenvalue weighted by atomic mass is 10.2. The van der Waals surface area contributed by atoms with Crippen molar-refractivity contribution < 1.29 is 9.52 Å². The Morgan fingerprint density at radius 3 is 2.57 bits per heavy atom. The minimum Gasteiger partial charge on any atom is -0.424 e. The molecular formula is C9H16N2O2S. The minimum absolute atomic E-state index is 0.176. The summed E-state index contributed by atoms with van der Waals surface area (Å²) < 4.78 is 5.42. The standard InChI is InChI=1S/C9H16N2O2S/c1-6(2)9-11-10-8(13-9)5-14-7(3)4-12/h6-7,12H,4-5H2,1-3H3/t7-/m0/s1. The van der Waals surface area contributed by atoms with Crippen LogP contribution in [-0.4, -0.2) is 27.2 Å². The summed E-state index contributed by atoms with van der Waals surface area (Å²) in [6.45, 7) is 6.17. The Morgan fingerprint density at radius 2 is 2.07 bits per heavy atom. The molecule has 0 amide bonds. The van der Waals surface area contributed by atoms with Crippen molar-refractivity contribution >= 4 is 11.8 Å². The fraction of sp³-hybridized carbons (Fsp3) is 0.778. The molecule has 1 heterocycles. The monoisotopic (exact) mass is 216 g/mol. The summed E-state index contributed by atoms with van der Waals surface area (Å²) in [7, 11) is 0. The summed E-state index contributed by atoms with van der Waals surface area (Å²) in [5.74, 6) is 2.26. The number of thioether (sulfide) groups is 1. The first-order valence-corrected chi connectivity index (χ1v) is 5.73. The molecule has 0 fully saturated rings. The first-order chi connectivity index (χ1) is 6.63. The van der Waals surface area contributed by atoms with Gasteiger partial charge in [0.2, 0.25) is 11.8 Å². The fourth-order valence-electron chi connectivity index (χ4n) is 0.824. The van der Waals surface area contributed by atoms with Gasteiger partial charge in [0.15, 0.2) is 0 Å². The molecule has 0 bridgehead atoms. The molecule has 1 rings (SSSR count). The molecule has 0 radical (unpaired) electrons. The molecule has 80 valence electrons. The first kappa shape index (κ1) is 11.5. The average molecular weight is 216 g/mol. The summed E-state index contributed by atoms with van der Waals surface area (Å²) in [4.78, 5) is 0. The molecule has 1 aromatic heterocycles. The Bertz CT molecular complexity index is 276. The molecule has 14 heavy (non-hydrogen) atoms. The van der Waals surface area contributed by atoms with Crippen LogP contribution in [0.1, 0.15) is 38.5 Å². The van der Waals surface area contributed by atoms with Gasteiger partial charge in [0.05, 0.1) is 12.4 Å². The smallest absolute Gasteiger partial charge is 0.226 e. The van der Waals surface area contributed by atoms with Crippen molar-refractivity contribution in [3.8, 4) is 0 Å². The quantitative estimate of drug-likeness (QED) is 0.813. The molecule has 4 nitrogen and oxygen atoms in total. The predicted molar refractivity (Wildman–Crippen MR) is 56.2 cm³/mol. The lowest BCUT2D eigenvalue weighted by Gasteiger charge is -2.03. The van der Waals surface area contributed by atoms with Crippen LogP contribution in [0.3, 0.4) is 0 Å². The highest BCUT2D eigenvalue weighted by Crippen LogP contribution is 2.18. The number of aliphatic hydroxyl groups excluding tert-OH is 1. The lowest BCUT2D eigenvalue weighted by Crippen LogP contribution is -2.02. The van der Waals surface area contributed by atoms with Crippen LogP contribution < -0.4 is 0 Å². The van der Waals surface area contributed by atoms with Crippen LogP contribution in [0.5, 0.6) is 0 Å². The molecule has 5 heteroatoms. The van der Waals surface area contributed by atoms with Gasteiger partial charge in [-0.1, -0.05) is 20.8 Å². The van der Waals surface area contributed by atoms with E-state index in [1.807, 2.05) is 20.8 Å². The van der Waals surface area contributed by atoms with E-state index in [1.165, 1.54) is 0 Å². The maximum atomic E-state index is 8.82. The second-order valence-electron chi connectivity index (χ2n) is 3.49. The van der Waals surface area contributed by atoms with E-state index in [0.717, 1.165) is 0 Å². The third-order valence-corrected chi connectivity index (χ3v) is 2.86. The van der Waals surface area contributed by atoms with Gasteiger partial charge in [0, 0.05) is 11.2 Å². The SMILES string of the molecule is CC(C)c1nnc(CS[C@@H](C)CO)o1. The Hall–Kier alpha value is -0.550. The zero-order valence-electron chi connectivity index (χ0n) is 8.73. The van der Waals surface area contributed by atoms with Crippen LogP contribution in [0.2, 0.25) is 0 Å². The summed E-state index contributed by atoms with van der Waals surface area (Å²) in [6, 6.07) is 0. The van der Waals surface area contributed by atoms with E-state index in [2.05, 4.69) is 10.2 Å². The minimum atomic E-state index is 0.176. The second kappa shape index (κ2) is 5.36. The van der Waals surface area contributed by atoms with Crippen LogP contribution in [-0.2, 0) is 5.75 Å². The van der Waals surface area contributed by atoms with Crippen LogP contribution >= 0.6 is 11.8 Å². The number of hydrogen-bond donors (Lipinski definition) is 1. The highest BCUT2D eigenvalue weighted by atomic mass is 32.2. The fourth-order valence-corrected chi connectivity index (χ4v) is 1.47. The Balaban J connectivity index is 2.44. The van der Waals surface area contributed by atoms with Gasteiger partial charge in [-0.3, -0.25) is 0 Å². The zero-order chi connectivity index (χ0) is 10.6. The number of aromatic nitrogens is 2. The molecular weight excluding hydrogens is 200 g/mol. The van der Waals surface area contributed by atoms with Gasteiger partial charge in [-0.15, -0.1) is 22.0 Å². The van der Waals surface area contributed by atoms with E-state index < -0.39 is 0 Å². The summed E-state index contributed by atoms with van der Waals surface area (Å²) >= 11 is 1.61. The van der Waals surface area contributed by atoms with Gasteiger partial charge >= 0.3 is 0 Å². The Labute approximate surface area is 88.1 Å². The van der Waals surface area contributed by atoms with E-state index in [0.29, 0.717) is 17.5 Å². The van der Waals surface area contributed by atoms with E-state index in [4.69, 9.17) is 9.52 Å².